The van der Waals surface area contributed by atoms with Crippen LogP contribution in [0, 0.1) is 5.82 Å². The largest absolute Gasteiger partial charge is 0.470 e. The van der Waals surface area contributed by atoms with E-state index in [1.165, 1.54) is 12.1 Å². The molecule has 0 radical (unpaired) electrons. The summed E-state index contributed by atoms with van der Waals surface area (Å²) < 4.78 is 18.1. The molecule has 1 atom stereocenters. The van der Waals surface area contributed by atoms with E-state index in [-0.39, 0.29) is 11.9 Å². The molecule has 0 aliphatic heterocycles. The number of rotatable bonds is 2. The van der Waals surface area contributed by atoms with Crippen LogP contribution in [0.15, 0.2) is 42.3 Å². The monoisotopic (exact) mass is 206 g/mol. The molecule has 1 aliphatic carbocycles. The molecule has 0 spiro atoms. The number of ether oxygens (including phenoxy) is 1. The molecular formula is C11H11FN2O. The van der Waals surface area contributed by atoms with Gasteiger partial charge in [0.2, 0.25) is 5.88 Å². The summed E-state index contributed by atoms with van der Waals surface area (Å²) in [5.41, 5.74) is 6.30. The van der Waals surface area contributed by atoms with Gasteiger partial charge in [-0.2, -0.15) is 0 Å². The highest BCUT2D eigenvalue weighted by Gasteiger charge is 2.09. The SMILES string of the molecule is NC1=CCC(Oc2ccc(F)cn2)C=C1. The Kier molecular flexibility index (Phi) is 2.67. The van der Waals surface area contributed by atoms with Crippen LogP contribution >= 0.6 is 0 Å². The first-order chi connectivity index (χ1) is 7.24. The Morgan fingerprint density at radius 3 is 2.93 bits per heavy atom. The average molecular weight is 206 g/mol. The number of pyridine rings is 1. The number of hydrogen-bond acceptors (Lipinski definition) is 3. The van der Waals surface area contributed by atoms with Crippen LogP contribution in [0.5, 0.6) is 5.88 Å². The maximum atomic E-state index is 12.6. The molecule has 0 aromatic carbocycles. The molecule has 1 heterocycles. The van der Waals surface area contributed by atoms with Gasteiger partial charge in [-0.15, -0.1) is 0 Å². The summed E-state index contributed by atoms with van der Waals surface area (Å²) in [5.74, 6) is 0.0468. The Labute approximate surface area is 87.1 Å². The van der Waals surface area contributed by atoms with Crippen molar-refractivity contribution in [2.45, 2.75) is 12.5 Å². The molecule has 0 saturated heterocycles. The van der Waals surface area contributed by atoms with Gasteiger partial charge in [0.25, 0.3) is 0 Å². The standard InChI is InChI=1S/C11H11FN2O/c12-8-1-6-11(14-7-8)15-10-4-2-9(13)3-5-10/h1-4,6-7,10H,5,13H2. The minimum absolute atomic E-state index is 0.0738. The zero-order valence-electron chi connectivity index (χ0n) is 8.06. The van der Waals surface area contributed by atoms with Crippen molar-refractivity contribution in [3.8, 4) is 5.88 Å². The summed E-state index contributed by atoms with van der Waals surface area (Å²) in [6, 6.07) is 2.82. The number of halogens is 1. The minimum atomic E-state index is -0.370. The lowest BCUT2D eigenvalue weighted by molar-refractivity contribution is 0.240. The quantitative estimate of drug-likeness (QED) is 0.802. The first kappa shape index (κ1) is 9.71. The van der Waals surface area contributed by atoms with Gasteiger partial charge in [-0.1, -0.05) is 6.08 Å². The van der Waals surface area contributed by atoms with Crippen molar-refractivity contribution >= 4 is 0 Å². The molecule has 0 bridgehead atoms. The second-order valence-corrected chi connectivity index (χ2v) is 3.27. The van der Waals surface area contributed by atoms with Gasteiger partial charge in [0.05, 0.1) is 6.20 Å². The van der Waals surface area contributed by atoms with E-state index in [2.05, 4.69) is 4.98 Å². The summed E-state index contributed by atoms with van der Waals surface area (Å²) in [4.78, 5) is 3.81. The lowest BCUT2D eigenvalue weighted by atomic mass is 10.1. The van der Waals surface area contributed by atoms with Crippen molar-refractivity contribution in [2.24, 2.45) is 5.73 Å². The first-order valence-electron chi connectivity index (χ1n) is 4.66. The highest BCUT2D eigenvalue weighted by Crippen LogP contribution is 2.14. The normalized spacial score (nSPS) is 19.8. The molecule has 2 rings (SSSR count). The molecule has 2 N–H and O–H groups in total. The van der Waals surface area contributed by atoms with Crippen molar-refractivity contribution in [1.29, 1.82) is 0 Å². The predicted molar refractivity (Wildman–Crippen MR) is 54.6 cm³/mol. The van der Waals surface area contributed by atoms with Gasteiger partial charge in [-0.3, -0.25) is 0 Å². The van der Waals surface area contributed by atoms with Crippen LogP contribution in [-0.2, 0) is 0 Å². The van der Waals surface area contributed by atoms with E-state index in [0.29, 0.717) is 12.3 Å². The Hall–Kier alpha value is -1.84. The minimum Gasteiger partial charge on any atom is -0.470 e. The Morgan fingerprint density at radius 2 is 2.33 bits per heavy atom. The zero-order chi connectivity index (χ0) is 10.7. The van der Waals surface area contributed by atoms with E-state index in [9.17, 15) is 4.39 Å². The fourth-order valence-electron chi connectivity index (χ4n) is 1.29. The van der Waals surface area contributed by atoms with E-state index in [1.54, 1.807) is 6.08 Å². The highest BCUT2D eigenvalue weighted by molar-refractivity contribution is 5.22. The van der Waals surface area contributed by atoms with Crippen LogP contribution in [0.2, 0.25) is 0 Å². The van der Waals surface area contributed by atoms with Gasteiger partial charge in [-0.05, 0) is 18.2 Å². The van der Waals surface area contributed by atoms with Crippen molar-refractivity contribution in [3.63, 3.8) is 0 Å². The van der Waals surface area contributed by atoms with Crippen LogP contribution in [0.3, 0.4) is 0 Å². The molecule has 0 saturated carbocycles. The van der Waals surface area contributed by atoms with E-state index in [0.717, 1.165) is 11.9 Å². The molecule has 0 fully saturated rings. The molecule has 1 aliphatic rings. The van der Waals surface area contributed by atoms with Gasteiger partial charge in [0, 0.05) is 18.2 Å². The average Bonchev–Trinajstić information content (AvgIpc) is 2.25. The molecule has 3 nitrogen and oxygen atoms in total. The third-order valence-electron chi connectivity index (χ3n) is 2.06. The molecule has 15 heavy (non-hydrogen) atoms. The summed E-state index contributed by atoms with van der Waals surface area (Å²) in [5, 5.41) is 0. The van der Waals surface area contributed by atoms with Crippen LogP contribution in [0.25, 0.3) is 0 Å². The molecule has 1 unspecified atom stereocenters. The van der Waals surface area contributed by atoms with E-state index >= 15 is 0 Å². The van der Waals surface area contributed by atoms with Gasteiger partial charge in [0.15, 0.2) is 0 Å². The van der Waals surface area contributed by atoms with Crippen molar-refractivity contribution in [3.05, 3.63) is 48.1 Å². The van der Waals surface area contributed by atoms with Gasteiger partial charge >= 0.3 is 0 Å². The Morgan fingerprint density at radius 1 is 1.47 bits per heavy atom. The van der Waals surface area contributed by atoms with Gasteiger partial charge in [0.1, 0.15) is 11.9 Å². The Bertz CT molecular complexity index is 398. The number of nitrogens with two attached hydrogens (primary N) is 1. The van der Waals surface area contributed by atoms with Crippen molar-refractivity contribution in [2.75, 3.05) is 0 Å². The number of nitrogens with zero attached hydrogens (tertiary/aromatic N) is 1. The summed E-state index contributed by atoms with van der Waals surface area (Å²) in [7, 11) is 0. The second kappa shape index (κ2) is 4.13. The predicted octanol–water partition coefficient (Wildman–Crippen LogP) is 1.77. The van der Waals surface area contributed by atoms with Crippen LogP contribution in [0.1, 0.15) is 6.42 Å². The highest BCUT2D eigenvalue weighted by atomic mass is 19.1. The molecule has 1 aromatic heterocycles. The molecule has 1 aromatic rings. The van der Waals surface area contributed by atoms with Crippen LogP contribution in [0.4, 0.5) is 4.39 Å². The second-order valence-electron chi connectivity index (χ2n) is 3.27. The zero-order valence-corrected chi connectivity index (χ0v) is 8.06. The third kappa shape index (κ3) is 2.56. The number of aromatic nitrogens is 1. The lowest BCUT2D eigenvalue weighted by Crippen LogP contribution is -2.16. The van der Waals surface area contributed by atoms with Crippen LogP contribution in [-0.4, -0.2) is 11.1 Å². The van der Waals surface area contributed by atoms with E-state index in [4.69, 9.17) is 10.5 Å². The summed E-state index contributed by atoms with van der Waals surface area (Å²) in [6.45, 7) is 0. The van der Waals surface area contributed by atoms with Gasteiger partial charge < -0.3 is 10.5 Å². The van der Waals surface area contributed by atoms with Crippen molar-refractivity contribution in [1.82, 2.24) is 4.98 Å². The lowest BCUT2D eigenvalue weighted by Gasteiger charge is -2.16. The smallest absolute Gasteiger partial charge is 0.213 e. The molecule has 0 amide bonds. The molecule has 4 heteroatoms. The fourth-order valence-corrected chi connectivity index (χ4v) is 1.29. The van der Waals surface area contributed by atoms with E-state index < -0.39 is 0 Å². The third-order valence-corrected chi connectivity index (χ3v) is 2.06. The number of allylic oxidation sites excluding steroid dienone is 1. The topological polar surface area (TPSA) is 48.1 Å². The summed E-state index contributed by atoms with van der Waals surface area (Å²) >= 11 is 0. The fraction of sp³-hybridized carbons (Fsp3) is 0.182. The molecular weight excluding hydrogens is 195 g/mol. The van der Waals surface area contributed by atoms with Crippen molar-refractivity contribution < 1.29 is 9.13 Å². The maximum Gasteiger partial charge on any atom is 0.213 e. The number of hydrogen-bond donors (Lipinski definition) is 1. The Balaban J connectivity index is 1.99. The molecule has 78 valence electrons. The first-order valence-corrected chi connectivity index (χ1v) is 4.66. The summed E-state index contributed by atoms with van der Waals surface area (Å²) in [6.07, 6.45) is 7.30. The van der Waals surface area contributed by atoms with Crippen LogP contribution < -0.4 is 10.5 Å². The van der Waals surface area contributed by atoms with E-state index in [1.807, 2.05) is 12.2 Å². The van der Waals surface area contributed by atoms with Gasteiger partial charge in [-0.25, -0.2) is 9.37 Å². The maximum absolute atomic E-state index is 12.6.